The van der Waals surface area contributed by atoms with E-state index in [1.54, 1.807) is 19.9 Å². The first kappa shape index (κ1) is 21.6. The number of benzene rings is 1. The lowest BCUT2D eigenvalue weighted by Gasteiger charge is -2.24. The zero-order chi connectivity index (χ0) is 21.3. The van der Waals surface area contributed by atoms with Gasteiger partial charge in [-0.05, 0) is 29.7 Å². The Balaban J connectivity index is 2.69. The Morgan fingerprint density at radius 2 is 1.79 bits per heavy atom. The standard InChI is InChI=1S/C16H13F3N3O5S/c1-9(2)14-7-12(10-3-5-11(6-4-10)22(23)24)13(8-20)15(21-14)27-28(25,26)16(17,18)19/h3-7,9,22H,1-2H3/q-1. The second-order valence-electron chi connectivity index (χ2n) is 5.89. The summed E-state index contributed by atoms with van der Waals surface area (Å²) in [5.41, 5.74) is -5.94. The van der Waals surface area contributed by atoms with Crippen molar-refractivity contribution in [3.05, 3.63) is 52.0 Å². The molecule has 12 heteroatoms. The maximum absolute atomic E-state index is 12.7. The molecule has 1 heterocycles. The van der Waals surface area contributed by atoms with Crippen LogP contribution in [0.15, 0.2) is 30.3 Å². The molecular formula is C16H13F3N3O5S-. The summed E-state index contributed by atoms with van der Waals surface area (Å²) in [6, 6.07) is 7.93. The van der Waals surface area contributed by atoms with Gasteiger partial charge in [0, 0.05) is 23.4 Å². The fourth-order valence-electron chi connectivity index (χ4n) is 2.17. The first-order valence-electron chi connectivity index (χ1n) is 7.65. The molecule has 0 fully saturated rings. The lowest BCUT2D eigenvalue weighted by Crippen LogP contribution is -2.96. The molecule has 2 rings (SSSR count). The van der Waals surface area contributed by atoms with E-state index in [0.717, 1.165) is 0 Å². The highest BCUT2D eigenvalue weighted by molar-refractivity contribution is 7.87. The number of nitrogens with zero attached hydrogens (tertiary/aromatic N) is 2. The van der Waals surface area contributed by atoms with Crippen molar-refractivity contribution < 1.29 is 31.0 Å². The molecule has 0 bridgehead atoms. The number of rotatable bonds is 5. The van der Waals surface area contributed by atoms with E-state index in [0.29, 0.717) is 0 Å². The van der Waals surface area contributed by atoms with Crippen LogP contribution < -0.4 is 9.41 Å². The smallest absolute Gasteiger partial charge is 0.534 e. The summed E-state index contributed by atoms with van der Waals surface area (Å²) in [6.07, 6.45) is 0. The molecule has 1 aromatic carbocycles. The first-order valence-corrected chi connectivity index (χ1v) is 9.05. The molecule has 1 N–H and O–H groups in total. The lowest BCUT2D eigenvalue weighted by molar-refractivity contribution is -0.715. The van der Waals surface area contributed by atoms with Crippen molar-refractivity contribution in [2.24, 2.45) is 0 Å². The minimum Gasteiger partial charge on any atom is -0.628 e. The van der Waals surface area contributed by atoms with E-state index < -0.39 is 32.3 Å². The van der Waals surface area contributed by atoms with Gasteiger partial charge in [-0.3, -0.25) is 0 Å². The zero-order valence-electron chi connectivity index (χ0n) is 14.4. The number of quaternary nitrogens is 1. The van der Waals surface area contributed by atoms with Crippen molar-refractivity contribution >= 4 is 15.8 Å². The molecule has 1 aromatic heterocycles. The predicted octanol–water partition coefficient (Wildman–Crippen LogP) is 2.48. The van der Waals surface area contributed by atoms with E-state index in [4.69, 9.17) is 0 Å². The van der Waals surface area contributed by atoms with Crippen LogP contribution in [0.4, 0.5) is 18.9 Å². The average Bonchev–Trinajstić information content (AvgIpc) is 2.59. The van der Waals surface area contributed by atoms with Gasteiger partial charge < -0.3 is 19.8 Å². The van der Waals surface area contributed by atoms with Crippen LogP contribution in [0.25, 0.3) is 11.1 Å². The topological polar surface area (TPSA) is 131 Å². The Kier molecular flexibility index (Phi) is 5.95. The first-order chi connectivity index (χ1) is 12.9. The van der Waals surface area contributed by atoms with Gasteiger partial charge in [0.15, 0.2) is 0 Å². The molecule has 8 nitrogen and oxygen atoms in total. The molecule has 0 amide bonds. The van der Waals surface area contributed by atoms with Gasteiger partial charge in [0.1, 0.15) is 17.3 Å². The van der Waals surface area contributed by atoms with Crippen LogP contribution >= 0.6 is 0 Å². The van der Waals surface area contributed by atoms with Crippen molar-refractivity contribution in [2.75, 3.05) is 0 Å². The van der Waals surface area contributed by atoms with Crippen LogP contribution in [0.3, 0.4) is 0 Å². The fourth-order valence-corrected chi connectivity index (χ4v) is 2.59. The van der Waals surface area contributed by atoms with Crippen molar-refractivity contribution in [1.29, 1.82) is 5.26 Å². The van der Waals surface area contributed by atoms with E-state index in [2.05, 4.69) is 9.17 Å². The normalized spacial score (nSPS) is 12.3. The highest BCUT2D eigenvalue weighted by Gasteiger charge is 2.49. The summed E-state index contributed by atoms with van der Waals surface area (Å²) in [4.78, 5) is 3.75. The summed E-state index contributed by atoms with van der Waals surface area (Å²) in [5, 5.41) is 29.6. The SMILES string of the molecule is CC(C)c1cc(-c2ccc([NH+]([O-])[O-])cc2)c(C#N)c(OS(=O)(=O)C(F)(F)F)n1. The minimum absolute atomic E-state index is 0.0403. The molecule has 0 unspecified atom stereocenters. The summed E-state index contributed by atoms with van der Waals surface area (Å²) in [6.45, 7) is 3.30. The zero-order valence-corrected chi connectivity index (χ0v) is 15.3. The quantitative estimate of drug-likeness (QED) is 0.450. The Morgan fingerprint density at radius 1 is 1.21 bits per heavy atom. The molecule has 0 radical (unpaired) electrons. The van der Waals surface area contributed by atoms with Gasteiger partial charge in [-0.15, -0.1) is 0 Å². The Morgan fingerprint density at radius 3 is 2.21 bits per heavy atom. The maximum Gasteiger partial charge on any atom is 0.534 e. The van der Waals surface area contributed by atoms with Crippen LogP contribution in [0.2, 0.25) is 0 Å². The van der Waals surface area contributed by atoms with Crippen LogP contribution in [0.5, 0.6) is 5.88 Å². The number of nitriles is 1. The second-order valence-corrected chi connectivity index (χ2v) is 7.43. The molecule has 0 aliphatic rings. The maximum atomic E-state index is 12.7. The van der Waals surface area contributed by atoms with E-state index in [1.165, 1.54) is 30.3 Å². The van der Waals surface area contributed by atoms with Gasteiger partial charge in [-0.25, -0.2) is 4.98 Å². The van der Waals surface area contributed by atoms with E-state index >= 15 is 0 Å². The van der Waals surface area contributed by atoms with Gasteiger partial charge in [0.05, 0.1) is 0 Å². The number of aromatic nitrogens is 1. The third kappa shape index (κ3) is 4.39. The molecule has 0 saturated carbocycles. The lowest BCUT2D eigenvalue weighted by atomic mass is 9.98. The van der Waals surface area contributed by atoms with E-state index in [-0.39, 0.29) is 28.4 Å². The molecule has 2 aromatic rings. The van der Waals surface area contributed by atoms with Crippen LogP contribution in [-0.4, -0.2) is 18.9 Å². The molecule has 0 spiro atoms. The molecule has 28 heavy (non-hydrogen) atoms. The highest BCUT2D eigenvalue weighted by atomic mass is 32.2. The number of hydrogen-bond acceptors (Lipinski definition) is 7. The van der Waals surface area contributed by atoms with Gasteiger partial charge >= 0.3 is 15.6 Å². The van der Waals surface area contributed by atoms with Crippen LogP contribution in [0.1, 0.15) is 31.0 Å². The molecular weight excluding hydrogens is 403 g/mol. The Hall–Kier alpha value is -2.72. The largest absolute Gasteiger partial charge is 0.628 e. The second kappa shape index (κ2) is 7.72. The highest BCUT2D eigenvalue weighted by Crippen LogP contribution is 2.35. The summed E-state index contributed by atoms with van der Waals surface area (Å²) >= 11 is 0. The number of hydrogen-bond donors (Lipinski definition) is 1. The fraction of sp³-hybridized carbons (Fsp3) is 0.250. The minimum atomic E-state index is -6.04. The van der Waals surface area contributed by atoms with Crippen LogP contribution in [-0.2, 0) is 10.1 Å². The molecule has 0 saturated heterocycles. The summed E-state index contributed by atoms with van der Waals surface area (Å²) in [5.74, 6) is -1.35. The molecule has 0 aliphatic heterocycles. The summed E-state index contributed by atoms with van der Waals surface area (Å²) < 4.78 is 64.9. The van der Waals surface area contributed by atoms with Crippen molar-refractivity contribution in [3.8, 4) is 23.1 Å². The average molecular weight is 416 g/mol. The van der Waals surface area contributed by atoms with Gasteiger partial charge in [0.25, 0.3) is 5.88 Å². The number of halogens is 3. The van der Waals surface area contributed by atoms with Gasteiger partial charge in [0.2, 0.25) is 0 Å². The van der Waals surface area contributed by atoms with Crippen molar-refractivity contribution in [2.45, 2.75) is 25.3 Å². The molecule has 0 atom stereocenters. The predicted molar refractivity (Wildman–Crippen MR) is 91.4 cm³/mol. The summed E-state index contributed by atoms with van der Waals surface area (Å²) in [7, 11) is -6.04. The molecule has 0 aliphatic carbocycles. The van der Waals surface area contributed by atoms with E-state index in [9.17, 15) is 37.3 Å². The molecule has 150 valence electrons. The number of alkyl halides is 3. The van der Waals surface area contributed by atoms with Gasteiger partial charge in [-0.1, -0.05) is 13.8 Å². The monoisotopic (exact) mass is 416 g/mol. The van der Waals surface area contributed by atoms with Crippen LogP contribution in [0, 0.1) is 21.7 Å². The van der Waals surface area contributed by atoms with E-state index in [1.807, 2.05) is 0 Å². The van der Waals surface area contributed by atoms with Crippen molar-refractivity contribution in [1.82, 2.24) is 4.98 Å². The third-order valence-corrected chi connectivity index (χ3v) is 4.56. The Bertz CT molecular complexity index is 1010. The Labute approximate surface area is 158 Å². The number of pyridine rings is 1. The third-order valence-electron chi connectivity index (χ3n) is 3.61. The van der Waals surface area contributed by atoms with Crippen molar-refractivity contribution in [3.63, 3.8) is 0 Å². The van der Waals surface area contributed by atoms with Gasteiger partial charge in [-0.2, -0.15) is 26.9 Å². The number of nitrogens with one attached hydrogen (secondary N) is 1.